The molecule has 36 heavy (non-hydrogen) atoms. The SMILES string of the molecule is Nc1cc2ccccc2cc1C(=O)NS(=O)(=O)NC[C@H]1O[C@@H](n2cnc3c(N)ncnc32)[C@H](O)[C@@H]1O. The van der Waals surface area contributed by atoms with Gasteiger partial charge >= 0.3 is 10.2 Å². The Labute approximate surface area is 204 Å². The van der Waals surface area contributed by atoms with Crippen LogP contribution in [0.15, 0.2) is 49.1 Å². The van der Waals surface area contributed by atoms with E-state index in [9.17, 15) is 23.4 Å². The average Bonchev–Trinajstić information content (AvgIpc) is 3.39. The zero-order valence-corrected chi connectivity index (χ0v) is 19.3. The van der Waals surface area contributed by atoms with Crippen molar-refractivity contribution in [2.24, 2.45) is 0 Å². The number of anilines is 2. The van der Waals surface area contributed by atoms with Gasteiger partial charge in [0.25, 0.3) is 5.91 Å². The van der Waals surface area contributed by atoms with E-state index >= 15 is 0 Å². The number of nitrogens with zero attached hydrogens (tertiary/aromatic N) is 4. The fourth-order valence-electron chi connectivity index (χ4n) is 4.04. The number of amides is 1. The first-order chi connectivity index (χ1) is 17.1. The number of imidazole rings is 1. The van der Waals surface area contributed by atoms with Crippen LogP contribution in [0.5, 0.6) is 0 Å². The molecule has 0 unspecified atom stereocenters. The molecule has 0 saturated carbocycles. The Balaban J connectivity index is 1.27. The lowest BCUT2D eigenvalue weighted by Crippen LogP contribution is -2.45. The van der Waals surface area contributed by atoms with Crippen molar-refractivity contribution in [3.05, 3.63) is 54.6 Å². The summed E-state index contributed by atoms with van der Waals surface area (Å²) in [5, 5.41) is 22.5. The number of nitrogens with one attached hydrogen (secondary N) is 2. The molecule has 2 aromatic carbocycles. The summed E-state index contributed by atoms with van der Waals surface area (Å²) in [4.78, 5) is 24.6. The van der Waals surface area contributed by atoms with E-state index in [0.29, 0.717) is 5.39 Å². The number of aromatic nitrogens is 4. The number of ether oxygens (including phenoxy) is 1. The molecule has 4 atom stereocenters. The second-order valence-electron chi connectivity index (χ2n) is 8.20. The Morgan fingerprint density at radius 3 is 2.56 bits per heavy atom. The Morgan fingerprint density at radius 2 is 1.81 bits per heavy atom. The third kappa shape index (κ3) is 4.29. The summed E-state index contributed by atoms with van der Waals surface area (Å²) in [5.74, 6) is -0.808. The van der Waals surface area contributed by atoms with Crippen LogP contribution in [0.2, 0.25) is 0 Å². The molecule has 0 bridgehead atoms. The van der Waals surface area contributed by atoms with E-state index in [1.807, 2.05) is 16.9 Å². The molecule has 1 aliphatic heterocycles. The van der Waals surface area contributed by atoms with Gasteiger partial charge in [0.05, 0.1) is 11.9 Å². The molecule has 8 N–H and O–H groups in total. The first-order valence-electron chi connectivity index (χ1n) is 10.7. The van der Waals surface area contributed by atoms with E-state index < -0.39 is 47.2 Å². The topological polar surface area (TPSA) is 221 Å². The van der Waals surface area contributed by atoms with Crippen LogP contribution in [0, 0.1) is 0 Å². The fraction of sp³-hybridized carbons (Fsp3) is 0.238. The number of benzene rings is 2. The normalized spacial score (nSPS) is 22.3. The molecule has 1 fully saturated rings. The molecular weight excluding hydrogens is 492 g/mol. The molecular formula is C21H22N8O6S. The van der Waals surface area contributed by atoms with E-state index in [1.54, 1.807) is 18.2 Å². The van der Waals surface area contributed by atoms with E-state index in [4.69, 9.17) is 16.2 Å². The minimum Gasteiger partial charge on any atom is -0.398 e. The molecule has 2 aromatic heterocycles. The van der Waals surface area contributed by atoms with Crippen LogP contribution in [-0.2, 0) is 14.9 Å². The molecule has 188 valence electrons. The van der Waals surface area contributed by atoms with Gasteiger partial charge in [-0.2, -0.15) is 13.1 Å². The number of aliphatic hydroxyl groups excluding tert-OH is 2. The van der Waals surface area contributed by atoms with Gasteiger partial charge in [-0.25, -0.2) is 19.7 Å². The molecule has 4 aromatic rings. The Hall–Kier alpha value is -3.89. The van der Waals surface area contributed by atoms with Gasteiger partial charge in [0.1, 0.15) is 30.2 Å². The Bertz CT molecular complexity index is 1580. The number of fused-ring (bicyclic) bond motifs is 2. The quantitative estimate of drug-likeness (QED) is 0.172. The van der Waals surface area contributed by atoms with Crippen LogP contribution in [0.1, 0.15) is 16.6 Å². The number of carbonyl (C=O) groups excluding carboxylic acids is 1. The summed E-state index contributed by atoms with van der Waals surface area (Å²) in [6, 6.07) is 10.2. The number of rotatable bonds is 6. The Morgan fingerprint density at radius 1 is 1.08 bits per heavy atom. The lowest BCUT2D eigenvalue weighted by molar-refractivity contribution is -0.0330. The van der Waals surface area contributed by atoms with Crippen molar-refractivity contribution in [3.8, 4) is 0 Å². The summed E-state index contributed by atoms with van der Waals surface area (Å²) >= 11 is 0. The molecule has 3 heterocycles. The molecule has 15 heteroatoms. The highest BCUT2D eigenvalue weighted by Crippen LogP contribution is 2.31. The third-order valence-electron chi connectivity index (χ3n) is 5.86. The minimum atomic E-state index is -4.37. The third-order valence-corrected chi connectivity index (χ3v) is 6.86. The van der Waals surface area contributed by atoms with Crippen LogP contribution in [-0.4, -0.2) is 68.9 Å². The highest BCUT2D eigenvalue weighted by atomic mass is 32.2. The molecule has 0 radical (unpaired) electrons. The zero-order valence-electron chi connectivity index (χ0n) is 18.5. The molecule has 5 rings (SSSR count). The summed E-state index contributed by atoms with van der Waals surface area (Å²) in [7, 11) is -4.37. The van der Waals surface area contributed by atoms with E-state index in [-0.39, 0.29) is 28.2 Å². The number of nitrogen functional groups attached to an aromatic ring is 2. The maximum atomic E-state index is 12.6. The lowest BCUT2D eigenvalue weighted by atomic mass is 10.0. The van der Waals surface area contributed by atoms with E-state index in [2.05, 4.69) is 19.7 Å². The van der Waals surface area contributed by atoms with Crippen LogP contribution in [0.25, 0.3) is 21.9 Å². The largest absolute Gasteiger partial charge is 0.398 e. The molecule has 0 spiro atoms. The van der Waals surface area contributed by atoms with Crippen molar-refractivity contribution in [2.75, 3.05) is 18.0 Å². The van der Waals surface area contributed by atoms with Gasteiger partial charge in [0.15, 0.2) is 17.7 Å². The maximum absolute atomic E-state index is 12.6. The molecule has 1 amide bonds. The first-order valence-corrected chi connectivity index (χ1v) is 12.2. The Kier molecular flexibility index (Phi) is 5.93. The van der Waals surface area contributed by atoms with Crippen molar-refractivity contribution < 1.29 is 28.2 Å². The summed E-state index contributed by atoms with van der Waals surface area (Å²) in [6.45, 7) is -0.450. The van der Waals surface area contributed by atoms with Crippen LogP contribution in [0.3, 0.4) is 0 Å². The van der Waals surface area contributed by atoms with Crippen LogP contribution >= 0.6 is 0 Å². The van der Waals surface area contributed by atoms with Gasteiger partial charge in [-0.3, -0.25) is 9.36 Å². The minimum absolute atomic E-state index is 0.0139. The standard InChI is InChI=1S/C21H22N8O6S/c22-13-6-11-4-2-1-3-10(11)5-12(13)20(32)28-36(33,34)27-7-14-16(30)17(31)21(35-14)29-9-26-15-18(23)24-8-25-19(15)29/h1-6,8-9,14,16-17,21,27,30-31H,7,22H2,(H,28,32)(H2,23,24,25)/t14-,16-,17-,21-/m1/s1. The second-order valence-corrected chi connectivity index (χ2v) is 9.70. The van der Waals surface area contributed by atoms with E-state index in [0.717, 1.165) is 5.39 Å². The summed E-state index contributed by atoms with van der Waals surface area (Å²) in [5.41, 5.74) is 12.4. The van der Waals surface area contributed by atoms with Crippen LogP contribution < -0.4 is 20.9 Å². The summed E-state index contributed by atoms with van der Waals surface area (Å²) in [6.07, 6.45) is -2.64. The van der Waals surface area contributed by atoms with Gasteiger partial charge in [0, 0.05) is 12.2 Å². The predicted molar refractivity (Wildman–Crippen MR) is 128 cm³/mol. The van der Waals surface area contributed by atoms with Gasteiger partial charge in [-0.15, -0.1) is 0 Å². The molecule has 0 aliphatic carbocycles. The van der Waals surface area contributed by atoms with Gasteiger partial charge < -0.3 is 26.4 Å². The van der Waals surface area contributed by atoms with Gasteiger partial charge in [0.2, 0.25) is 0 Å². The number of carbonyl (C=O) groups is 1. The maximum Gasteiger partial charge on any atom is 0.301 e. The van der Waals surface area contributed by atoms with Crippen molar-refractivity contribution in [1.29, 1.82) is 0 Å². The van der Waals surface area contributed by atoms with Gasteiger partial charge in [-0.05, 0) is 22.9 Å². The molecule has 14 nitrogen and oxygen atoms in total. The highest BCUT2D eigenvalue weighted by Gasteiger charge is 2.44. The van der Waals surface area contributed by atoms with Crippen molar-refractivity contribution >= 4 is 49.6 Å². The molecule has 1 saturated heterocycles. The number of hydrogen-bond donors (Lipinski definition) is 6. The predicted octanol–water partition coefficient (Wildman–Crippen LogP) is -0.972. The fourth-order valence-corrected chi connectivity index (χ4v) is 4.85. The van der Waals surface area contributed by atoms with Gasteiger partial charge in [-0.1, -0.05) is 24.3 Å². The average molecular weight is 515 g/mol. The van der Waals surface area contributed by atoms with Crippen molar-refractivity contribution in [3.63, 3.8) is 0 Å². The molecule has 1 aliphatic rings. The second kappa shape index (κ2) is 8.96. The van der Waals surface area contributed by atoms with Crippen LogP contribution in [0.4, 0.5) is 11.5 Å². The number of nitrogens with two attached hydrogens (primary N) is 2. The lowest BCUT2D eigenvalue weighted by Gasteiger charge is -2.16. The number of aliphatic hydroxyl groups is 2. The highest BCUT2D eigenvalue weighted by molar-refractivity contribution is 7.88. The first kappa shape index (κ1) is 23.8. The monoisotopic (exact) mass is 514 g/mol. The smallest absolute Gasteiger partial charge is 0.301 e. The zero-order chi connectivity index (χ0) is 25.6. The number of hydrogen-bond acceptors (Lipinski definition) is 11. The summed E-state index contributed by atoms with van der Waals surface area (Å²) < 4.78 is 36.2. The van der Waals surface area contributed by atoms with E-state index in [1.165, 1.54) is 23.3 Å². The van der Waals surface area contributed by atoms with Crippen molar-refractivity contribution in [2.45, 2.75) is 24.5 Å². The van der Waals surface area contributed by atoms with Crippen molar-refractivity contribution in [1.82, 2.24) is 29.0 Å².